The van der Waals surface area contributed by atoms with Crippen molar-refractivity contribution in [3.63, 3.8) is 0 Å². The Bertz CT molecular complexity index is 3180. The smallest absolute Gasteiger partial charge is 0.358 e. The van der Waals surface area contributed by atoms with Crippen LogP contribution in [0.4, 0.5) is 4.39 Å². The first-order valence-electron chi connectivity index (χ1n) is 22.0. The lowest BCUT2D eigenvalue weighted by Crippen LogP contribution is -3.61. The van der Waals surface area contributed by atoms with E-state index in [9.17, 15) is 4.39 Å². The maximum atomic E-state index is 13.8. The fourth-order valence-corrected chi connectivity index (χ4v) is 14.9. The van der Waals surface area contributed by atoms with E-state index in [1.54, 1.807) is 6.07 Å². The highest BCUT2D eigenvalue weighted by Gasteiger charge is 2.20. The van der Waals surface area contributed by atoms with Crippen LogP contribution in [0.2, 0.25) is 0 Å². The van der Waals surface area contributed by atoms with Crippen molar-refractivity contribution in [3.8, 4) is 46.0 Å². The first-order valence-corrected chi connectivity index (χ1v) is 32.8. The molecule has 0 saturated carbocycles. The average molecular weight is 1730 g/mol. The van der Waals surface area contributed by atoms with E-state index in [4.69, 9.17) is 18.9 Å². The molecule has 0 aliphatic heterocycles. The van der Waals surface area contributed by atoms with Crippen LogP contribution in [-0.4, -0.2) is 0 Å². The predicted octanol–water partition coefficient (Wildman–Crippen LogP) is 9.17. The molecule has 10 rings (SSSR count). The largest absolute Gasteiger partial charge is 0.457 e. The first kappa shape index (κ1) is 54.7. The van der Waals surface area contributed by atoms with E-state index in [-0.39, 0.29) is 48.2 Å². The zero-order chi connectivity index (χ0) is 49.9. The normalized spacial score (nSPS) is 10.5. The molecule has 0 unspecified atom stereocenters. The molecule has 0 aliphatic rings. The summed E-state index contributed by atoms with van der Waals surface area (Å²) in [5.74, 6) is 6.02. The van der Waals surface area contributed by atoms with E-state index in [1.807, 2.05) is 121 Å². The van der Waals surface area contributed by atoms with E-state index >= 15 is 0 Å². The highest BCUT2D eigenvalue weighted by molar-refractivity contribution is 14.1. The fraction of sp³-hybridized carbons (Fsp3) is 0. The van der Waals surface area contributed by atoms with E-state index in [2.05, 4.69) is 206 Å². The van der Waals surface area contributed by atoms with Crippen molar-refractivity contribution in [1.82, 2.24) is 0 Å². The van der Waals surface area contributed by atoms with Gasteiger partial charge in [-0.25, -0.2) is 4.39 Å². The number of benzene rings is 10. The molecule has 0 atom stereocenters. The van der Waals surface area contributed by atoms with Gasteiger partial charge in [0.05, 0.1) is 0 Å². The molecule has 0 saturated heterocycles. The molecule has 0 fully saturated rings. The molecule has 0 radical (unpaired) electrons. The van der Waals surface area contributed by atoms with E-state index in [0.717, 1.165) is 47.4 Å². The Morgan fingerprint density at radius 1 is 0.236 bits per heavy atom. The zero-order valence-corrected chi connectivity index (χ0v) is 52.9. The van der Waals surface area contributed by atoms with Gasteiger partial charge >= 0.3 is 63.6 Å². The summed E-state index contributed by atoms with van der Waals surface area (Å²) in [6.45, 7) is 0. The molecule has 10 aromatic carbocycles. The Balaban J connectivity index is 0.000000147. The summed E-state index contributed by atoms with van der Waals surface area (Å²) in [6, 6.07) is 82.9. The van der Waals surface area contributed by atoms with Gasteiger partial charge in [0.15, 0.2) is 14.3 Å². The molecular formula is C60H41FI7O4+3. The molecule has 10 aromatic rings. The van der Waals surface area contributed by atoms with E-state index in [1.165, 1.54) is 34.6 Å². The van der Waals surface area contributed by atoms with Crippen molar-refractivity contribution in [1.29, 1.82) is 0 Å². The highest BCUT2D eigenvalue weighted by Crippen LogP contribution is 2.30. The SMILES string of the molecule is Fc1cc(Oc2ccc(I)cc2)cc([I+]c2ccccc2)c1.Ic1ccc(Oc2cc(Oc3ccc(I)cc3)cc([I+]c3ccccc3)c2)cc1.Ic1ccc(Oc2cccc([I+]c3ccccc3)c2)cc1. The number of hydrogen-bond acceptors (Lipinski definition) is 4. The van der Waals surface area contributed by atoms with E-state index < -0.39 is 21.2 Å². The zero-order valence-electron chi connectivity index (χ0n) is 37.8. The Morgan fingerprint density at radius 2 is 0.528 bits per heavy atom. The summed E-state index contributed by atoms with van der Waals surface area (Å²) < 4.78 is 50.2. The van der Waals surface area contributed by atoms with Gasteiger partial charge in [-0.2, -0.15) is 0 Å². The summed E-state index contributed by atoms with van der Waals surface area (Å²) in [5.41, 5.74) is 0. The van der Waals surface area contributed by atoms with Gasteiger partial charge in [-0.15, -0.1) is 0 Å². The third-order valence-electron chi connectivity index (χ3n) is 9.53. The van der Waals surface area contributed by atoms with Crippen molar-refractivity contribution in [2.45, 2.75) is 0 Å². The third kappa shape index (κ3) is 19.0. The summed E-state index contributed by atoms with van der Waals surface area (Å²) >= 11 is 8.23. The van der Waals surface area contributed by atoms with Gasteiger partial charge < -0.3 is 18.9 Å². The molecule has 4 nitrogen and oxygen atoms in total. The second-order valence-electron chi connectivity index (χ2n) is 15.1. The quantitative estimate of drug-likeness (QED) is 0.102. The van der Waals surface area contributed by atoms with Crippen LogP contribution in [0.5, 0.6) is 46.0 Å². The van der Waals surface area contributed by atoms with Crippen LogP contribution in [0.15, 0.2) is 249 Å². The number of ether oxygens (including phenoxy) is 4. The number of hydrogen-bond donors (Lipinski definition) is 0. The minimum absolute atomic E-state index is 0.151. The number of halogens is 8. The van der Waals surface area contributed by atoms with Crippen LogP contribution in [0, 0.1) is 41.5 Å². The van der Waals surface area contributed by atoms with Crippen LogP contribution in [0.25, 0.3) is 0 Å². The standard InChI is InChI=1S/C24H16I3O2.C18H12FI2O.C18H13I2O/c25-17-6-10-21(11-7-17)28-23-14-20(27-19-4-2-1-3-5-19)15-24(16-23)29-22-12-8-18(26)9-13-22;19-13-10-16(21-15-4-2-1-3-5-15)12-18(11-13)22-17-8-6-14(20)7-9-17;19-14-9-11-17(12-10-14)21-18-8-4-7-16(13-18)20-15-5-2-1-3-6-15/h1-16H;1-12H;1-13H/q3*+1. The van der Waals surface area contributed by atoms with Crippen molar-refractivity contribution in [2.24, 2.45) is 0 Å². The topological polar surface area (TPSA) is 36.9 Å². The predicted molar refractivity (Wildman–Crippen MR) is 308 cm³/mol. The monoisotopic (exact) mass is 1730 g/mol. The Morgan fingerprint density at radius 3 is 0.903 bits per heavy atom. The van der Waals surface area contributed by atoms with Crippen LogP contribution < -0.4 is 82.6 Å². The van der Waals surface area contributed by atoms with Gasteiger partial charge in [-0.05, 0) is 236 Å². The lowest BCUT2D eigenvalue weighted by molar-refractivity contribution is -0.598. The maximum Gasteiger partial charge on any atom is 0.358 e. The number of rotatable bonds is 14. The van der Waals surface area contributed by atoms with Gasteiger partial charge in [-0.3, -0.25) is 0 Å². The minimum atomic E-state index is -0.408. The Labute approximate surface area is 506 Å². The minimum Gasteiger partial charge on any atom is -0.457 e. The van der Waals surface area contributed by atoms with Gasteiger partial charge in [0.1, 0.15) is 51.8 Å². The molecule has 358 valence electrons. The van der Waals surface area contributed by atoms with Crippen LogP contribution in [0.1, 0.15) is 0 Å². The van der Waals surface area contributed by atoms with Crippen molar-refractivity contribution in [2.75, 3.05) is 0 Å². The van der Waals surface area contributed by atoms with Crippen molar-refractivity contribution >= 4 is 90.4 Å². The molecule has 0 N–H and O–H groups in total. The molecule has 0 aliphatic carbocycles. The molecule has 72 heavy (non-hydrogen) atoms. The van der Waals surface area contributed by atoms with Gasteiger partial charge in [0.25, 0.3) is 0 Å². The summed E-state index contributed by atoms with van der Waals surface area (Å²) in [5, 5.41) is 0. The molecule has 12 heteroatoms. The molecular weight excluding hydrogens is 1690 g/mol. The van der Waals surface area contributed by atoms with Crippen molar-refractivity contribution in [3.05, 3.63) is 290 Å². The Kier molecular flexibility index (Phi) is 22.0. The van der Waals surface area contributed by atoms with E-state index in [0.29, 0.717) is 5.75 Å². The third-order valence-corrected chi connectivity index (χ3v) is 20.2. The first-order chi connectivity index (χ1) is 35.1. The molecule has 0 aromatic heterocycles. The van der Waals surface area contributed by atoms with Crippen molar-refractivity contribution < 1.29 is 87.0 Å². The highest BCUT2D eigenvalue weighted by atomic mass is 127. The molecule has 0 heterocycles. The van der Waals surface area contributed by atoms with Gasteiger partial charge in [-0.1, -0.05) is 60.7 Å². The molecule has 0 bridgehead atoms. The Hall–Kier alpha value is -3.56. The van der Waals surface area contributed by atoms with Crippen LogP contribution in [0.3, 0.4) is 0 Å². The molecule has 0 spiro atoms. The van der Waals surface area contributed by atoms with Gasteiger partial charge in [0, 0.05) is 56.7 Å². The van der Waals surface area contributed by atoms with Crippen LogP contribution >= 0.6 is 90.4 Å². The van der Waals surface area contributed by atoms with Crippen LogP contribution in [-0.2, 0) is 0 Å². The second-order valence-corrected chi connectivity index (χ2v) is 29.2. The molecule has 0 amide bonds. The summed E-state index contributed by atoms with van der Waals surface area (Å²) in [4.78, 5) is 0. The van der Waals surface area contributed by atoms with Gasteiger partial charge in [0.2, 0.25) is 7.14 Å². The summed E-state index contributed by atoms with van der Waals surface area (Å²) in [7, 11) is 0. The fourth-order valence-electron chi connectivity index (χ4n) is 6.31. The maximum absolute atomic E-state index is 13.8. The second kappa shape index (κ2) is 28.9. The average Bonchev–Trinajstić information content (AvgIpc) is 3.38. The lowest BCUT2D eigenvalue weighted by atomic mass is 10.3. The lowest BCUT2D eigenvalue weighted by Gasteiger charge is -2.09. The summed E-state index contributed by atoms with van der Waals surface area (Å²) in [6.07, 6.45) is 0.